The average Bonchev–Trinajstić information content (AvgIpc) is 2.55. The summed E-state index contributed by atoms with van der Waals surface area (Å²) in [6.07, 6.45) is 1.55. The summed E-state index contributed by atoms with van der Waals surface area (Å²) in [7, 11) is 4.66. The second kappa shape index (κ2) is 7.47. The lowest BCUT2D eigenvalue weighted by Gasteiger charge is -2.31. The van der Waals surface area contributed by atoms with E-state index in [0.717, 1.165) is 3.57 Å². The maximum absolute atomic E-state index is 12.4. The van der Waals surface area contributed by atoms with Crippen LogP contribution in [0.2, 0.25) is 0 Å². The normalized spacial score (nSPS) is 15.0. The maximum atomic E-state index is 12.4. The Kier molecular flexibility index (Phi) is 5.81. The molecule has 1 heterocycles. The van der Waals surface area contributed by atoms with Crippen LogP contribution in [0, 0.1) is 3.57 Å². The zero-order valence-electron chi connectivity index (χ0n) is 13.8. The molecule has 24 heavy (non-hydrogen) atoms. The van der Waals surface area contributed by atoms with Gasteiger partial charge in [0, 0.05) is 14.1 Å². The van der Waals surface area contributed by atoms with Gasteiger partial charge in [-0.1, -0.05) is 0 Å². The van der Waals surface area contributed by atoms with E-state index in [4.69, 9.17) is 21.7 Å². The molecule has 8 heteroatoms. The average molecular weight is 460 g/mol. The molecule has 1 aromatic carbocycles. The van der Waals surface area contributed by atoms with Crippen LogP contribution in [-0.4, -0.2) is 54.5 Å². The van der Waals surface area contributed by atoms with Gasteiger partial charge in [0.25, 0.3) is 11.8 Å². The number of halogens is 1. The summed E-state index contributed by atoms with van der Waals surface area (Å²) in [6, 6.07) is 3.56. The minimum atomic E-state index is -0.424. The Morgan fingerprint density at radius 3 is 2.29 bits per heavy atom. The van der Waals surface area contributed by atoms with E-state index >= 15 is 0 Å². The molecule has 1 saturated heterocycles. The number of carbonyl (C=O) groups is 2. The number of likely N-dealkylation sites (N-methyl/N-ethyl adjacent to an activating group) is 2. The minimum absolute atomic E-state index is 0.0528. The van der Waals surface area contributed by atoms with Crippen molar-refractivity contribution >= 4 is 57.8 Å². The summed E-state index contributed by atoms with van der Waals surface area (Å²) in [6.45, 7) is 2.35. The third-order valence-electron chi connectivity index (χ3n) is 3.49. The molecule has 0 atom stereocenters. The standard InChI is InChI=1S/C16H17IN2O4S/c1-5-23-12-8-9(7-11(17)13(12)22-4)6-10-14(20)18(2)16(24)19(3)15(10)21/h6-8H,5H2,1-4H3. The number of hydrogen-bond acceptors (Lipinski definition) is 5. The first-order chi connectivity index (χ1) is 11.3. The van der Waals surface area contributed by atoms with Crippen molar-refractivity contribution in [1.29, 1.82) is 0 Å². The molecule has 0 saturated carbocycles. The summed E-state index contributed by atoms with van der Waals surface area (Å²) < 4.78 is 11.7. The first-order valence-electron chi connectivity index (χ1n) is 7.13. The monoisotopic (exact) mass is 460 g/mol. The van der Waals surface area contributed by atoms with Crippen LogP contribution in [0.3, 0.4) is 0 Å². The molecule has 0 aromatic heterocycles. The Morgan fingerprint density at radius 1 is 1.21 bits per heavy atom. The van der Waals surface area contributed by atoms with Crippen LogP contribution in [-0.2, 0) is 9.59 Å². The van der Waals surface area contributed by atoms with Gasteiger partial charge >= 0.3 is 0 Å². The number of ether oxygens (including phenoxy) is 2. The second-order valence-corrected chi connectivity index (χ2v) is 6.56. The lowest BCUT2D eigenvalue weighted by atomic mass is 10.1. The lowest BCUT2D eigenvalue weighted by Crippen LogP contribution is -2.52. The highest BCUT2D eigenvalue weighted by atomic mass is 127. The number of thiocarbonyl (C=S) groups is 1. The van der Waals surface area contributed by atoms with Crippen molar-refractivity contribution in [3.63, 3.8) is 0 Å². The number of carbonyl (C=O) groups excluding carboxylic acids is 2. The molecular weight excluding hydrogens is 443 g/mol. The highest BCUT2D eigenvalue weighted by molar-refractivity contribution is 14.1. The number of benzene rings is 1. The van der Waals surface area contributed by atoms with Crippen molar-refractivity contribution in [1.82, 2.24) is 9.80 Å². The molecule has 128 valence electrons. The Bertz CT molecular complexity index is 722. The van der Waals surface area contributed by atoms with Gasteiger partial charge in [-0.15, -0.1) is 0 Å². The fraction of sp³-hybridized carbons (Fsp3) is 0.312. The molecule has 0 aliphatic carbocycles. The molecule has 0 unspecified atom stereocenters. The summed E-state index contributed by atoms with van der Waals surface area (Å²) >= 11 is 7.20. The summed E-state index contributed by atoms with van der Waals surface area (Å²) in [4.78, 5) is 27.3. The highest BCUT2D eigenvalue weighted by Crippen LogP contribution is 2.34. The van der Waals surface area contributed by atoms with Crippen LogP contribution in [0.4, 0.5) is 0 Å². The van der Waals surface area contributed by atoms with E-state index in [-0.39, 0.29) is 10.7 Å². The van der Waals surface area contributed by atoms with Crippen LogP contribution < -0.4 is 9.47 Å². The van der Waals surface area contributed by atoms with Gasteiger partial charge in [-0.25, -0.2) is 0 Å². The topological polar surface area (TPSA) is 59.1 Å². The lowest BCUT2D eigenvalue weighted by molar-refractivity contribution is -0.132. The van der Waals surface area contributed by atoms with Crippen molar-refractivity contribution in [3.05, 3.63) is 26.8 Å². The molecule has 1 aliphatic heterocycles. The first kappa shape index (κ1) is 18.7. The quantitative estimate of drug-likeness (QED) is 0.299. The van der Waals surface area contributed by atoms with Gasteiger partial charge in [0.15, 0.2) is 16.6 Å². The van der Waals surface area contributed by atoms with E-state index in [9.17, 15) is 9.59 Å². The van der Waals surface area contributed by atoms with Crippen LogP contribution >= 0.6 is 34.8 Å². The molecule has 1 aliphatic rings. The van der Waals surface area contributed by atoms with E-state index in [1.54, 1.807) is 33.3 Å². The van der Waals surface area contributed by atoms with Crippen LogP contribution in [0.1, 0.15) is 12.5 Å². The molecule has 0 N–H and O–H groups in total. The SMILES string of the molecule is CCOc1cc(C=C2C(=O)N(C)C(=S)N(C)C2=O)cc(I)c1OC. The van der Waals surface area contributed by atoms with Gasteiger partial charge in [-0.05, 0) is 65.5 Å². The maximum Gasteiger partial charge on any atom is 0.265 e. The van der Waals surface area contributed by atoms with Gasteiger partial charge < -0.3 is 9.47 Å². The van der Waals surface area contributed by atoms with E-state index in [2.05, 4.69) is 22.6 Å². The molecule has 0 bridgehead atoms. The molecule has 1 fully saturated rings. The third-order valence-corrected chi connectivity index (χ3v) is 4.84. The van der Waals surface area contributed by atoms with Crippen LogP contribution in [0.5, 0.6) is 11.5 Å². The number of rotatable bonds is 4. The second-order valence-electron chi connectivity index (χ2n) is 5.04. The Morgan fingerprint density at radius 2 is 1.79 bits per heavy atom. The van der Waals surface area contributed by atoms with E-state index in [1.165, 1.54) is 9.80 Å². The number of hydrogen-bond donors (Lipinski definition) is 0. The highest BCUT2D eigenvalue weighted by Gasteiger charge is 2.35. The van der Waals surface area contributed by atoms with Crippen molar-refractivity contribution < 1.29 is 19.1 Å². The number of methoxy groups -OCH3 is 1. The first-order valence-corrected chi connectivity index (χ1v) is 8.62. The smallest absolute Gasteiger partial charge is 0.265 e. The van der Waals surface area contributed by atoms with Crippen LogP contribution in [0.15, 0.2) is 17.7 Å². The van der Waals surface area contributed by atoms with Crippen molar-refractivity contribution in [2.75, 3.05) is 27.8 Å². The summed E-state index contributed by atoms with van der Waals surface area (Å²) in [5, 5.41) is 0.182. The van der Waals surface area contributed by atoms with Gasteiger partial charge in [0.1, 0.15) is 5.57 Å². The fourth-order valence-corrected chi connectivity index (χ4v) is 3.29. The summed E-state index contributed by atoms with van der Waals surface area (Å²) in [5.41, 5.74) is 0.729. The van der Waals surface area contributed by atoms with Crippen LogP contribution in [0.25, 0.3) is 6.08 Å². The Labute approximate surface area is 159 Å². The van der Waals surface area contributed by atoms with E-state index in [1.807, 2.05) is 13.0 Å². The zero-order chi connectivity index (χ0) is 18.0. The molecular formula is C16H17IN2O4S. The van der Waals surface area contributed by atoms with E-state index < -0.39 is 11.8 Å². The van der Waals surface area contributed by atoms with E-state index in [0.29, 0.717) is 23.7 Å². The number of amides is 2. The zero-order valence-corrected chi connectivity index (χ0v) is 16.7. The predicted molar refractivity (Wildman–Crippen MR) is 103 cm³/mol. The number of nitrogens with zero attached hydrogens (tertiary/aromatic N) is 2. The van der Waals surface area contributed by atoms with Gasteiger partial charge in [0.2, 0.25) is 0 Å². The third kappa shape index (κ3) is 3.39. The molecule has 2 rings (SSSR count). The van der Waals surface area contributed by atoms with Crippen molar-refractivity contribution in [3.8, 4) is 11.5 Å². The van der Waals surface area contributed by atoms with Crippen molar-refractivity contribution in [2.24, 2.45) is 0 Å². The van der Waals surface area contributed by atoms with Gasteiger partial charge in [-0.3, -0.25) is 19.4 Å². The molecule has 0 spiro atoms. The van der Waals surface area contributed by atoms with Crippen molar-refractivity contribution in [2.45, 2.75) is 6.92 Å². The molecule has 2 amide bonds. The van der Waals surface area contributed by atoms with Gasteiger partial charge in [-0.2, -0.15) is 0 Å². The molecule has 6 nitrogen and oxygen atoms in total. The van der Waals surface area contributed by atoms with Gasteiger partial charge in [0.05, 0.1) is 17.3 Å². The fourth-order valence-electron chi connectivity index (χ4n) is 2.27. The Hall–Kier alpha value is -1.68. The predicted octanol–water partition coefficient (Wildman–Crippen LogP) is 2.30. The minimum Gasteiger partial charge on any atom is -0.492 e. The molecule has 1 aromatic rings. The molecule has 0 radical (unpaired) electrons. The summed E-state index contributed by atoms with van der Waals surface area (Å²) in [5.74, 6) is 0.335. The Balaban J connectivity index is 2.52. The largest absolute Gasteiger partial charge is 0.492 e.